The van der Waals surface area contributed by atoms with Crippen molar-refractivity contribution in [1.29, 1.82) is 0 Å². The van der Waals surface area contributed by atoms with Gasteiger partial charge in [-0.1, -0.05) is 0 Å². The Bertz CT molecular complexity index is 492. The Kier molecular flexibility index (Phi) is 4.56. The molecule has 2 unspecified atom stereocenters. The third-order valence-electron chi connectivity index (χ3n) is 3.71. The van der Waals surface area contributed by atoms with Crippen LogP contribution in [-0.4, -0.2) is 45.5 Å². The average molecular weight is 294 g/mol. The van der Waals surface area contributed by atoms with Crippen molar-refractivity contribution < 1.29 is 9.53 Å². The third-order valence-corrected chi connectivity index (χ3v) is 3.71. The topological polar surface area (TPSA) is 73.4 Å². The number of aryl methyl sites for hydroxylation is 1. The van der Waals surface area contributed by atoms with E-state index < -0.39 is 5.60 Å². The molecular formula is C15H26N4O2. The zero-order valence-corrected chi connectivity index (χ0v) is 13.4. The van der Waals surface area contributed by atoms with E-state index in [1.807, 2.05) is 40.2 Å². The van der Waals surface area contributed by atoms with Crippen LogP contribution in [-0.2, 0) is 18.2 Å². The van der Waals surface area contributed by atoms with Gasteiger partial charge in [0.1, 0.15) is 5.60 Å². The summed E-state index contributed by atoms with van der Waals surface area (Å²) in [7, 11) is 1.90. The smallest absolute Gasteiger partial charge is 0.410 e. The van der Waals surface area contributed by atoms with Crippen molar-refractivity contribution in [1.82, 2.24) is 14.7 Å². The van der Waals surface area contributed by atoms with E-state index in [4.69, 9.17) is 10.5 Å². The van der Waals surface area contributed by atoms with Crippen LogP contribution in [0.5, 0.6) is 0 Å². The quantitative estimate of drug-likeness (QED) is 0.918. The Morgan fingerprint density at radius 3 is 2.86 bits per heavy atom. The summed E-state index contributed by atoms with van der Waals surface area (Å²) >= 11 is 0. The fourth-order valence-electron chi connectivity index (χ4n) is 2.65. The predicted molar refractivity (Wildman–Crippen MR) is 80.8 cm³/mol. The second-order valence-electron chi connectivity index (χ2n) is 6.87. The monoisotopic (exact) mass is 294 g/mol. The largest absolute Gasteiger partial charge is 0.444 e. The van der Waals surface area contributed by atoms with E-state index >= 15 is 0 Å². The van der Waals surface area contributed by atoms with Crippen molar-refractivity contribution in [2.75, 3.05) is 13.1 Å². The van der Waals surface area contributed by atoms with Gasteiger partial charge in [-0.05, 0) is 45.1 Å². The van der Waals surface area contributed by atoms with Crippen LogP contribution in [0.4, 0.5) is 4.79 Å². The van der Waals surface area contributed by atoms with Crippen LogP contribution in [0, 0.1) is 5.92 Å². The van der Waals surface area contributed by atoms with Crippen LogP contribution in [0.25, 0.3) is 0 Å². The molecule has 0 aromatic carbocycles. The molecule has 1 aliphatic heterocycles. The molecule has 0 radical (unpaired) electrons. The molecular weight excluding hydrogens is 268 g/mol. The van der Waals surface area contributed by atoms with Gasteiger partial charge in [-0.3, -0.25) is 4.68 Å². The highest BCUT2D eigenvalue weighted by atomic mass is 16.6. The first-order valence-corrected chi connectivity index (χ1v) is 7.45. The highest BCUT2D eigenvalue weighted by Crippen LogP contribution is 2.23. The van der Waals surface area contributed by atoms with Crippen molar-refractivity contribution in [3.63, 3.8) is 0 Å². The standard InChI is InChI=1S/C15H26N4O2/c1-15(2,3)21-14(20)19-6-5-12(10-19)13(16)7-11-8-17-18(4)9-11/h8-9,12-13H,5-7,10,16H2,1-4H3. The molecule has 118 valence electrons. The van der Waals surface area contributed by atoms with Gasteiger partial charge in [-0.15, -0.1) is 0 Å². The van der Waals surface area contributed by atoms with Gasteiger partial charge in [0.15, 0.2) is 0 Å². The van der Waals surface area contributed by atoms with Gasteiger partial charge in [0.25, 0.3) is 0 Å². The average Bonchev–Trinajstić information content (AvgIpc) is 2.96. The number of carbonyl (C=O) groups excluding carboxylic acids is 1. The molecule has 1 amide bonds. The van der Waals surface area contributed by atoms with Gasteiger partial charge in [0.2, 0.25) is 0 Å². The first kappa shape index (κ1) is 15.8. The SMILES string of the molecule is Cn1cc(CC(N)C2CCN(C(=O)OC(C)(C)C)C2)cn1. The Hall–Kier alpha value is -1.56. The maximum absolute atomic E-state index is 12.0. The van der Waals surface area contributed by atoms with E-state index in [2.05, 4.69) is 5.10 Å². The van der Waals surface area contributed by atoms with E-state index in [1.165, 1.54) is 0 Å². The second kappa shape index (κ2) is 6.05. The number of ether oxygens (including phenoxy) is 1. The summed E-state index contributed by atoms with van der Waals surface area (Å²) in [4.78, 5) is 13.8. The molecule has 6 nitrogen and oxygen atoms in total. The van der Waals surface area contributed by atoms with Gasteiger partial charge in [-0.2, -0.15) is 5.10 Å². The highest BCUT2D eigenvalue weighted by molar-refractivity contribution is 5.68. The van der Waals surface area contributed by atoms with Gasteiger partial charge < -0.3 is 15.4 Å². The van der Waals surface area contributed by atoms with E-state index in [1.54, 1.807) is 9.58 Å². The molecule has 21 heavy (non-hydrogen) atoms. The van der Waals surface area contributed by atoms with E-state index in [-0.39, 0.29) is 12.1 Å². The van der Waals surface area contributed by atoms with Crippen LogP contribution < -0.4 is 5.73 Å². The molecule has 1 aromatic heterocycles. The predicted octanol–water partition coefficient (Wildman–Crippen LogP) is 1.55. The van der Waals surface area contributed by atoms with Crippen molar-refractivity contribution in [3.8, 4) is 0 Å². The summed E-state index contributed by atoms with van der Waals surface area (Å²) in [5.74, 6) is 0.317. The van der Waals surface area contributed by atoms with Crippen LogP contribution >= 0.6 is 0 Å². The summed E-state index contributed by atoms with van der Waals surface area (Å²) in [6.45, 7) is 7.04. The maximum atomic E-state index is 12.0. The number of nitrogens with zero attached hydrogens (tertiary/aromatic N) is 3. The lowest BCUT2D eigenvalue weighted by Gasteiger charge is -2.25. The van der Waals surface area contributed by atoms with Gasteiger partial charge in [-0.25, -0.2) is 4.79 Å². The fourth-order valence-corrected chi connectivity index (χ4v) is 2.65. The van der Waals surface area contributed by atoms with E-state index in [0.29, 0.717) is 12.5 Å². The second-order valence-corrected chi connectivity index (χ2v) is 6.87. The number of likely N-dealkylation sites (tertiary alicyclic amines) is 1. The molecule has 0 aliphatic carbocycles. The van der Waals surface area contributed by atoms with E-state index in [9.17, 15) is 4.79 Å². The van der Waals surface area contributed by atoms with Gasteiger partial charge in [0.05, 0.1) is 6.20 Å². The number of amides is 1. The minimum absolute atomic E-state index is 0.0432. The Labute approximate surface area is 126 Å². The lowest BCUT2D eigenvalue weighted by Crippen LogP contribution is -2.38. The number of rotatable bonds is 3. The third kappa shape index (κ3) is 4.46. The summed E-state index contributed by atoms with van der Waals surface area (Å²) in [5.41, 5.74) is 6.98. The van der Waals surface area contributed by atoms with Crippen LogP contribution in [0.1, 0.15) is 32.8 Å². The normalized spacial score (nSPS) is 20.6. The van der Waals surface area contributed by atoms with E-state index in [0.717, 1.165) is 24.9 Å². The molecule has 6 heteroatoms. The van der Waals surface area contributed by atoms with Crippen molar-refractivity contribution in [3.05, 3.63) is 18.0 Å². The highest BCUT2D eigenvalue weighted by Gasteiger charge is 2.32. The summed E-state index contributed by atoms with van der Waals surface area (Å²) in [6.07, 6.45) is 5.32. The first-order chi connectivity index (χ1) is 9.74. The fraction of sp³-hybridized carbons (Fsp3) is 0.733. The molecule has 1 aliphatic rings. The zero-order chi connectivity index (χ0) is 15.6. The summed E-state index contributed by atoms with van der Waals surface area (Å²) in [5, 5.41) is 4.16. The molecule has 1 saturated heterocycles. The number of aromatic nitrogens is 2. The molecule has 0 spiro atoms. The maximum Gasteiger partial charge on any atom is 0.410 e. The Morgan fingerprint density at radius 2 is 2.29 bits per heavy atom. The number of hydrogen-bond acceptors (Lipinski definition) is 4. The van der Waals surface area contributed by atoms with Crippen LogP contribution in [0.2, 0.25) is 0 Å². The van der Waals surface area contributed by atoms with Crippen molar-refractivity contribution in [2.45, 2.75) is 45.3 Å². The lowest BCUT2D eigenvalue weighted by atomic mass is 9.95. The molecule has 1 fully saturated rings. The van der Waals surface area contributed by atoms with Crippen molar-refractivity contribution in [2.24, 2.45) is 18.7 Å². The number of nitrogens with two attached hydrogens (primary N) is 1. The molecule has 2 atom stereocenters. The number of hydrogen-bond donors (Lipinski definition) is 1. The minimum Gasteiger partial charge on any atom is -0.444 e. The summed E-state index contributed by atoms with van der Waals surface area (Å²) in [6, 6.07) is 0.0432. The molecule has 2 heterocycles. The Balaban J connectivity index is 1.85. The van der Waals surface area contributed by atoms with Crippen LogP contribution in [0.3, 0.4) is 0 Å². The summed E-state index contributed by atoms with van der Waals surface area (Å²) < 4.78 is 7.19. The lowest BCUT2D eigenvalue weighted by molar-refractivity contribution is 0.0286. The Morgan fingerprint density at radius 1 is 1.57 bits per heavy atom. The molecule has 0 bridgehead atoms. The van der Waals surface area contributed by atoms with Gasteiger partial charge in [0, 0.05) is 32.4 Å². The number of carbonyl (C=O) groups is 1. The minimum atomic E-state index is -0.451. The first-order valence-electron chi connectivity index (χ1n) is 7.45. The molecule has 0 saturated carbocycles. The molecule has 2 rings (SSSR count). The molecule has 2 N–H and O–H groups in total. The van der Waals surface area contributed by atoms with Crippen molar-refractivity contribution >= 4 is 6.09 Å². The molecule has 1 aromatic rings. The van der Waals surface area contributed by atoms with Crippen LogP contribution in [0.15, 0.2) is 12.4 Å². The van der Waals surface area contributed by atoms with Gasteiger partial charge >= 0.3 is 6.09 Å². The zero-order valence-electron chi connectivity index (χ0n) is 13.4.